The van der Waals surface area contributed by atoms with E-state index in [9.17, 15) is 13.2 Å². The van der Waals surface area contributed by atoms with Crippen LogP contribution in [0.4, 0.5) is 0 Å². The fraction of sp³-hybridized carbons (Fsp3) is 0.190. The van der Waals surface area contributed by atoms with Gasteiger partial charge in [-0.3, -0.25) is 14.8 Å². The Morgan fingerprint density at radius 3 is 2.36 bits per heavy atom. The Bertz CT molecular complexity index is 1050. The van der Waals surface area contributed by atoms with Gasteiger partial charge in [0, 0.05) is 43.4 Å². The van der Waals surface area contributed by atoms with E-state index >= 15 is 0 Å². The number of aryl methyl sites for hydroxylation is 1. The number of rotatable bonds is 7. The van der Waals surface area contributed by atoms with E-state index in [1.54, 1.807) is 42.9 Å². The number of pyridine rings is 2. The molecule has 0 saturated carbocycles. The van der Waals surface area contributed by atoms with Gasteiger partial charge < -0.3 is 5.32 Å². The average molecular weight is 395 g/mol. The molecule has 0 aliphatic heterocycles. The van der Waals surface area contributed by atoms with Gasteiger partial charge in [0.2, 0.25) is 5.91 Å². The highest BCUT2D eigenvalue weighted by molar-refractivity contribution is 7.90. The predicted molar refractivity (Wildman–Crippen MR) is 107 cm³/mol. The van der Waals surface area contributed by atoms with Crippen molar-refractivity contribution < 1.29 is 13.2 Å². The van der Waals surface area contributed by atoms with Gasteiger partial charge in [-0.05, 0) is 53.9 Å². The molecule has 0 spiro atoms. The normalized spacial score (nSPS) is 11.2. The second-order valence-corrected chi connectivity index (χ2v) is 8.49. The molecule has 0 unspecified atom stereocenters. The molecule has 1 amide bonds. The number of hydrogen-bond acceptors (Lipinski definition) is 5. The lowest BCUT2D eigenvalue weighted by atomic mass is 10.1. The zero-order valence-electron chi connectivity index (χ0n) is 15.5. The zero-order valence-corrected chi connectivity index (χ0v) is 16.3. The summed E-state index contributed by atoms with van der Waals surface area (Å²) in [5, 5.41) is 2.91. The third-order valence-electron chi connectivity index (χ3n) is 4.28. The van der Waals surface area contributed by atoms with Crippen molar-refractivity contribution in [3.8, 4) is 11.3 Å². The average Bonchev–Trinajstić information content (AvgIpc) is 2.71. The first-order chi connectivity index (χ1) is 13.4. The summed E-state index contributed by atoms with van der Waals surface area (Å²) in [7, 11) is -3.20. The SMILES string of the molecule is CS(=O)(=O)c1ccc(CCC(=O)NCc2ccnc(-c3ccncc3)c2)cc1. The Balaban J connectivity index is 1.52. The van der Waals surface area contributed by atoms with Crippen molar-refractivity contribution in [1.29, 1.82) is 0 Å². The van der Waals surface area contributed by atoms with Gasteiger partial charge in [-0.2, -0.15) is 0 Å². The van der Waals surface area contributed by atoms with Crippen LogP contribution in [-0.2, 0) is 27.6 Å². The Hall–Kier alpha value is -3.06. The minimum absolute atomic E-state index is 0.0607. The maximum absolute atomic E-state index is 12.1. The minimum atomic E-state index is -3.20. The molecule has 3 rings (SSSR count). The molecule has 6 nitrogen and oxygen atoms in total. The molecule has 0 bridgehead atoms. The van der Waals surface area contributed by atoms with E-state index in [4.69, 9.17) is 0 Å². The molecule has 3 aromatic rings. The number of hydrogen-bond donors (Lipinski definition) is 1. The summed E-state index contributed by atoms with van der Waals surface area (Å²) in [6, 6.07) is 14.2. The number of carbonyl (C=O) groups is 1. The Morgan fingerprint density at radius 2 is 1.68 bits per heavy atom. The molecule has 0 aliphatic carbocycles. The monoisotopic (exact) mass is 395 g/mol. The molecule has 2 aromatic heterocycles. The Morgan fingerprint density at radius 1 is 0.964 bits per heavy atom. The van der Waals surface area contributed by atoms with Gasteiger partial charge in [0.05, 0.1) is 10.6 Å². The van der Waals surface area contributed by atoms with E-state index in [0.717, 1.165) is 22.4 Å². The van der Waals surface area contributed by atoms with Crippen LogP contribution >= 0.6 is 0 Å². The van der Waals surface area contributed by atoms with Crippen LogP contribution in [0, 0.1) is 0 Å². The van der Waals surface area contributed by atoms with E-state index in [0.29, 0.717) is 19.4 Å². The maximum Gasteiger partial charge on any atom is 0.220 e. The molecule has 144 valence electrons. The van der Waals surface area contributed by atoms with E-state index in [-0.39, 0.29) is 10.8 Å². The lowest BCUT2D eigenvalue weighted by molar-refractivity contribution is -0.121. The predicted octanol–water partition coefficient (Wildman–Crippen LogP) is 2.80. The maximum atomic E-state index is 12.1. The molecular formula is C21H21N3O3S. The van der Waals surface area contributed by atoms with Crippen LogP contribution in [0.2, 0.25) is 0 Å². The number of nitrogens with zero attached hydrogens (tertiary/aromatic N) is 2. The summed E-state index contributed by atoms with van der Waals surface area (Å²) < 4.78 is 22.9. The fourth-order valence-corrected chi connectivity index (χ4v) is 3.35. The van der Waals surface area contributed by atoms with Crippen LogP contribution in [0.3, 0.4) is 0 Å². The molecule has 2 heterocycles. The summed E-state index contributed by atoms with van der Waals surface area (Å²) in [4.78, 5) is 20.8. The van der Waals surface area contributed by atoms with Crippen molar-refractivity contribution in [3.63, 3.8) is 0 Å². The highest BCUT2D eigenvalue weighted by Crippen LogP contribution is 2.16. The van der Waals surface area contributed by atoms with Gasteiger partial charge in [0.1, 0.15) is 0 Å². The standard InChI is InChI=1S/C21H21N3O3S/c1-28(26,27)19-5-2-16(3-6-19)4-7-21(25)24-15-17-8-13-23-20(14-17)18-9-11-22-12-10-18/h2-3,5-6,8-14H,4,7,15H2,1H3,(H,24,25). The number of sulfone groups is 1. The van der Waals surface area contributed by atoms with Crippen molar-refractivity contribution >= 4 is 15.7 Å². The van der Waals surface area contributed by atoms with Crippen molar-refractivity contribution in [2.24, 2.45) is 0 Å². The second-order valence-electron chi connectivity index (χ2n) is 6.48. The lowest BCUT2D eigenvalue weighted by Gasteiger charge is -2.08. The van der Waals surface area contributed by atoms with Gasteiger partial charge in [0.15, 0.2) is 9.84 Å². The molecule has 1 aromatic carbocycles. The highest BCUT2D eigenvalue weighted by atomic mass is 32.2. The number of benzene rings is 1. The molecule has 0 saturated heterocycles. The molecule has 7 heteroatoms. The van der Waals surface area contributed by atoms with Gasteiger partial charge in [-0.25, -0.2) is 8.42 Å². The quantitative estimate of drug-likeness (QED) is 0.664. The Kier molecular flexibility index (Phi) is 6.16. The summed E-state index contributed by atoms with van der Waals surface area (Å²) in [5.74, 6) is -0.0607. The first-order valence-electron chi connectivity index (χ1n) is 8.83. The summed E-state index contributed by atoms with van der Waals surface area (Å²) in [6.07, 6.45) is 7.21. The van der Waals surface area contributed by atoms with Crippen LogP contribution < -0.4 is 5.32 Å². The molecule has 1 N–H and O–H groups in total. The van der Waals surface area contributed by atoms with Gasteiger partial charge in [0.25, 0.3) is 0 Å². The molecule has 0 fully saturated rings. The zero-order chi connectivity index (χ0) is 20.0. The smallest absolute Gasteiger partial charge is 0.220 e. The van der Waals surface area contributed by atoms with Gasteiger partial charge >= 0.3 is 0 Å². The first kappa shape index (κ1) is 19.7. The van der Waals surface area contributed by atoms with E-state index in [1.807, 2.05) is 24.3 Å². The number of aromatic nitrogens is 2. The molecular weight excluding hydrogens is 374 g/mol. The number of nitrogens with one attached hydrogen (secondary N) is 1. The second kappa shape index (κ2) is 8.75. The minimum Gasteiger partial charge on any atom is -0.352 e. The van der Waals surface area contributed by atoms with Crippen LogP contribution in [-0.4, -0.2) is 30.5 Å². The van der Waals surface area contributed by atoms with Crippen molar-refractivity contribution in [3.05, 3.63) is 78.2 Å². The van der Waals surface area contributed by atoms with Gasteiger partial charge in [-0.15, -0.1) is 0 Å². The summed E-state index contributed by atoms with van der Waals surface area (Å²) in [6.45, 7) is 0.423. The third kappa shape index (κ3) is 5.47. The number of carbonyl (C=O) groups excluding carboxylic acids is 1. The van der Waals surface area contributed by atoms with E-state index in [1.165, 1.54) is 6.26 Å². The molecule has 0 radical (unpaired) electrons. The van der Waals surface area contributed by atoms with Crippen LogP contribution in [0.1, 0.15) is 17.5 Å². The molecule has 0 atom stereocenters. The highest BCUT2D eigenvalue weighted by Gasteiger charge is 2.08. The van der Waals surface area contributed by atoms with E-state index < -0.39 is 9.84 Å². The van der Waals surface area contributed by atoms with Crippen molar-refractivity contribution in [2.75, 3.05) is 6.26 Å². The van der Waals surface area contributed by atoms with Crippen LogP contribution in [0.25, 0.3) is 11.3 Å². The molecule has 0 aliphatic rings. The van der Waals surface area contributed by atoms with Crippen LogP contribution in [0.15, 0.2) is 72.0 Å². The Labute approximate surface area is 164 Å². The third-order valence-corrected chi connectivity index (χ3v) is 5.41. The first-order valence-corrected chi connectivity index (χ1v) is 10.7. The van der Waals surface area contributed by atoms with Crippen molar-refractivity contribution in [2.45, 2.75) is 24.3 Å². The van der Waals surface area contributed by atoms with Gasteiger partial charge in [-0.1, -0.05) is 12.1 Å². The van der Waals surface area contributed by atoms with Crippen molar-refractivity contribution in [1.82, 2.24) is 15.3 Å². The molecule has 28 heavy (non-hydrogen) atoms. The topological polar surface area (TPSA) is 89.0 Å². The fourth-order valence-electron chi connectivity index (χ4n) is 2.72. The largest absolute Gasteiger partial charge is 0.352 e. The number of amides is 1. The lowest BCUT2D eigenvalue weighted by Crippen LogP contribution is -2.23. The van der Waals surface area contributed by atoms with Crippen LogP contribution in [0.5, 0.6) is 0 Å². The van der Waals surface area contributed by atoms with E-state index in [2.05, 4.69) is 15.3 Å². The summed E-state index contributed by atoms with van der Waals surface area (Å²) >= 11 is 0. The summed E-state index contributed by atoms with van der Waals surface area (Å²) in [5.41, 5.74) is 3.69.